The molecule has 0 bridgehead atoms. The molecular formula is C14H26O. The molecule has 15 heavy (non-hydrogen) atoms. The summed E-state index contributed by atoms with van der Waals surface area (Å²) in [7, 11) is 0. The zero-order valence-electron chi connectivity index (χ0n) is 10.3. The van der Waals surface area contributed by atoms with Crippen LogP contribution in [0, 0.1) is 5.92 Å². The first-order valence-corrected chi connectivity index (χ1v) is 6.84. The molecule has 0 aromatic heterocycles. The van der Waals surface area contributed by atoms with Gasteiger partial charge in [0.25, 0.3) is 0 Å². The van der Waals surface area contributed by atoms with Gasteiger partial charge >= 0.3 is 0 Å². The Kier molecular flexibility index (Phi) is 6.71. The third-order valence-corrected chi connectivity index (χ3v) is 3.56. The Labute approximate surface area is 94.6 Å². The van der Waals surface area contributed by atoms with E-state index >= 15 is 0 Å². The number of hydrogen-bond donors (Lipinski definition) is 0. The van der Waals surface area contributed by atoms with Crippen LogP contribution < -0.4 is 0 Å². The van der Waals surface area contributed by atoms with Gasteiger partial charge in [-0.05, 0) is 12.3 Å². The van der Waals surface area contributed by atoms with Crippen LogP contribution >= 0.6 is 0 Å². The van der Waals surface area contributed by atoms with Crippen molar-refractivity contribution in [3.05, 3.63) is 0 Å². The average molecular weight is 210 g/mol. The lowest BCUT2D eigenvalue weighted by molar-refractivity contribution is -0.117. The van der Waals surface area contributed by atoms with E-state index in [4.69, 9.17) is 0 Å². The number of hydrogen-bond acceptors (Lipinski definition) is 1. The van der Waals surface area contributed by atoms with Gasteiger partial charge in [0.2, 0.25) is 0 Å². The smallest absolute Gasteiger partial charge is 0.133 e. The van der Waals surface area contributed by atoms with E-state index in [1.54, 1.807) is 0 Å². The molecule has 1 aliphatic rings. The van der Waals surface area contributed by atoms with Crippen molar-refractivity contribution in [2.24, 2.45) is 5.92 Å². The lowest BCUT2D eigenvalue weighted by atomic mass is 9.99. The van der Waals surface area contributed by atoms with Crippen LogP contribution in [-0.4, -0.2) is 5.78 Å². The number of Topliss-reactive ketones (excluding diaryl/α,β-unsaturated/α-hetero) is 1. The molecule has 1 unspecified atom stereocenters. The van der Waals surface area contributed by atoms with E-state index in [-0.39, 0.29) is 0 Å². The highest BCUT2D eigenvalue weighted by molar-refractivity contribution is 5.80. The minimum absolute atomic E-state index is 0.503. The van der Waals surface area contributed by atoms with E-state index in [1.165, 1.54) is 57.8 Å². The van der Waals surface area contributed by atoms with Crippen LogP contribution in [0.15, 0.2) is 0 Å². The molecule has 0 aromatic rings. The van der Waals surface area contributed by atoms with Crippen molar-refractivity contribution in [2.45, 2.75) is 77.6 Å². The van der Waals surface area contributed by atoms with Gasteiger partial charge in [-0.1, -0.05) is 58.3 Å². The second-order valence-electron chi connectivity index (χ2n) is 5.06. The molecule has 0 aliphatic heterocycles. The van der Waals surface area contributed by atoms with Gasteiger partial charge in [0.1, 0.15) is 5.78 Å². The third kappa shape index (κ3) is 5.96. The standard InChI is InChI=1S/C14H26O/c1-2-3-4-5-6-7-8-9-13-10-11-14(15)12-13/h13H,2-12H2,1H3. The Morgan fingerprint density at radius 1 is 1.07 bits per heavy atom. The molecule has 0 amide bonds. The maximum Gasteiger partial charge on any atom is 0.133 e. The topological polar surface area (TPSA) is 17.1 Å². The summed E-state index contributed by atoms with van der Waals surface area (Å²) in [6.07, 6.45) is 13.9. The van der Waals surface area contributed by atoms with Crippen molar-refractivity contribution < 1.29 is 4.79 Å². The molecule has 1 atom stereocenters. The van der Waals surface area contributed by atoms with Crippen molar-refractivity contribution in [3.63, 3.8) is 0 Å². The molecule has 1 aliphatic carbocycles. The van der Waals surface area contributed by atoms with Crippen LogP contribution in [0.3, 0.4) is 0 Å². The molecule has 88 valence electrons. The van der Waals surface area contributed by atoms with E-state index in [1.807, 2.05) is 0 Å². The van der Waals surface area contributed by atoms with Gasteiger partial charge < -0.3 is 0 Å². The number of ketones is 1. The summed E-state index contributed by atoms with van der Waals surface area (Å²) in [6.45, 7) is 2.26. The first-order valence-electron chi connectivity index (χ1n) is 6.84. The number of rotatable bonds is 8. The Bertz CT molecular complexity index is 174. The van der Waals surface area contributed by atoms with Gasteiger partial charge in [-0.25, -0.2) is 0 Å². The number of carbonyl (C=O) groups excluding carboxylic acids is 1. The second kappa shape index (κ2) is 7.90. The van der Waals surface area contributed by atoms with Crippen LogP contribution in [0.4, 0.5) is 0 Å². The first kappa shape index (κ1) is 12.7. The summed E-state index contributed by atoms with van der Waals surface area (Å²) in [6, 6.07) is 0. The summed E-state index contributed by atoms with van der Waals surface area (Å²) in [5.41, 5.74) is 0. The Morgan fingerprint density at radius 2 is 1.73 bits per heavy atom. The summed E-state index contributed by atoms with van der Waals surface area (Å²) >= 11 is 0. The van der Waals surface area contributed by atoms with E-state index in [0.29, 0.717) is 5.78 Å². The Balaban J connectivity index is 1.83. The van der Waals surface area contributed by atoms with E-state index < -0.39 is 0 Å². The fourth-order valence-corrected chi connectivity index (χ4v) is 2.53. The van der Waals surface area contributed by atoms with Crippen molar-refractivity contribution in [2.75, 3.05) is 0 Å². The van der Waals surface area contributed by atoms with Crippen molar-refractivity contribution >= 4 is 5.78 Å². The van der Waals surface area contributed by atoms with Gasteiger partial charge in [-0.2, -0.15) is 0 Å². The van der Waals surface area contributed by atoms with Crippen molar-refractivity contribution in [1.82, 2.24) is 0 Å². The Morgan fingerprint density at radius 3 is 2.33 bits per heavy atom. The zero-order valence-corrected chi connectivity index (χ0v) is 10.3. The predicted molar refractivity (Wildman–Crippen MR) is 65.0 cm³/mol. The molecule has 0 spiro atoms. The van der Waals surface area contributed by atoms with Gasteiger partial charge in [0.05, 0.1) is 0 Å². The third-order valence-electron chi connectivity index (χ3n) is 3.56. The minimum Gasteiger partial charge on any atom is -0.300 e. The molecule has 1 heteroatoms. The highest BCUT2D eigenvalue weighted by Gasteiger charge is 2.20. The first-order chi connectivity index (χ1) is 7.33. The van der Waals surface area contributed by atoms with Gasteiger partial charge in [-0.3, -0.25) is 4.79 Å². The average Bonchev–Trinajstić information content (AvgIpc) is 2.63. The fourth-order valence-electron chi connectivity index (χ4n) is 2.53. The van der Waals surface area contributed by atoms with E-state index in [2.05, 4.69) is 6.92 Å². The van der Waals surface area contributed by atoms with E-state index in [9.17, 15) is 4.79 Å². The van der Waals surface area contributed by atoms with Gasteiger partial charge in [-0.15, -0.1) is 0 Å². The molecule has 1 fully saturated rings. The van der Waals surface area contributed by atoms with Gasteiger partial charge in [0, 0.05) is 12.8 Å². The molecule has 0 radical (unpaired) electrons. The molecule has 0 saturated heterocycles. The second-order valence-corrected chi connectivity index (χ2v) is 5.06. The van der Waals surface area contributed by atoms with Crippen LogP contribution in [0.25, 0.3) is 0 Å². The minimum atomic E-state index is 0.503. The maximum atomic E-state index is 11.1. The molecule has 0 N–H and O–H groups in total. The highest BCUT2D eigenvalue weighted by Crippen LogP contribution is 2.27. The maximum absolute atomic E-state index is 11.1. The van der Waals surface area contributed by atoms with Crippen LogP contribution in [0.5, 0.6) is 0 Å². The quantitative estimate of drug-likeness (QED) is 0.539. The highest BCUT2D eigenvalue weighted by atomic mass is 16.1. The number of carbonyl (C=O) groups is 1. The van der Waals surface area contributed by atoms with Crippen molar-refractivity contribution in [3.8, 4) is 0 Å². The Hall–Kier alpha value is -0.330. The lowest BCUT2D eigenvalue weighted by Gasteiger charge is -2.06. The largest absolute Gasteiger partial charge is 0.300 e. The SMILES string of the molecule is CCCCCCCCCC1CCC(=O)C1. The molecule has 0 heterocycles. The predicted octanol–water partition coefficient (Wildman–Crippen LogP) is 4.50. The molecule has 1 nitrogen and oxygen atoms in total. The molecular weight excluding hydrogens is 184 g/mol. The number of unbranched alkanes of at least 4 members (excludes halogenated alkanes) is 6. The summed E-state index contributed by atoms with van der Waals surface area (Å²) in [4.78, 5) is 11.1. The summed E-state index contributed by atoms with van der Waals surface area (Å²) in [5.74, 6) is 1.25. The summed E-state index contributed by atoms with van der Waals surface area (Å²) in [5, 5.41) is 0. The molecule has 0 aromatic carbocycles. The molecule has 1 saturated carbocycles. The van der Waals surface area contributed by atoms with E-state index in [0.717, 1.165) is 18.8 Å². The monoisotopic (exact) mass is 210 g/mol. The van der Waals surface area contributed by atoms with Crippen LogP contribution in [0.1, 0.15) is 77.6 Å². The summed E-state index contributed by atoms with van der Waals surface area (Å²) < 4.78 is 0. The van der Waals surface area contributed by atoms with Crippen molar-refractivity contribution in [1.29, 1.82) is 0 Å². The zero-order chi connectivity index (χ0) is 10.9. The van der Waals surface area contributed by atoms with Gasteiger partial charge in [0.15, 0.2) is 0 Å². The molecule has 1 rings (SSSR count). The lowest BCUT2D eigenvalue weighted by Crippen LogP contribution is -1.95. The normalized spacial score (nSPS) is 21.1. The fraction of sp³-hybridized carbons (Fsp3) is 0.929. The van der Waals surface area contributed by atoms with Crippen LogP contribution in [0.2, 0.25) is 0 Å². The van der Waals surface area contributed by atoms with Crippen LogP contribution in [-0.2, 0) is 4.79 Å².